The lowest BCUT2D eigenvalue weighted by molar-refractivity contribution is -0.0415. The van der Waals surface area contributed by atoms with E-state index in [2.05, 4.69) is 31.9 Å². The van der Waals surface area contributed by atoms with Gasteiger partial charge in [-0.15, -0.1) is 22.7 Å². The molecule has 0 unspecified atom stereocenters. The van der Waals surface area contributed by atoms with Gasteiger partial charge in [-0.2, -0.15) is 0 Å². The molecule has 0 aliphatic carbocycles. The molecule has 2 saturated heterocycles. The Bertz CT molecular complexity index is 537. The molecule has 22 heavy (non-hydrogen) atoms. The van der Waals surface area contributed by atoms with E-state index in [1.807, 2.05) is 24.3 Å². The van der Waals surface area contributed by atoms with Crippen molar-refractivity contribution in [1.82, 2.24) is 0 Å². The highest BCUT2D eigenvalue weighted by Gasteiger charge is 2.20. The van der Waals surface area contributed by atoms with E-state index in [0.717, 1.165) is 17.3 Å². The van der Waals surface area contributed by atoms with E-state index in [1.54, 1.807) is 22.7 Å². The molecule has 0 spiro atoms. The van der Waals surface area contributed by atoms with E-state index in [0.29, 0.717) is 26.4 Å². The van der Waals surface area contributed by atoms with E-state index in [1.165, 1.54) is 0 Å². The fraction of sp³-hybridized carbons (Fsp3) is 0.429. The molecule has 8 heteroatoms. The third-order valence-corrected chi connectivity index (χ3v) is 6.19. The van der Waals surface area contributed by atoms with Crippen molar-refractivity contribution < 1.29 is 18.9 Å². The topological polar surface area (TPSA) is 36.9 Å². The number of halogens is 2. The Morgan fingerprint density at radius 2 is 1.05 bits per heavy atom. The SMILES string of the molecule is Brc1ccc(C2OCCO2)s1.Brc1ccc(C2OCCO2)s1. The normalized spacial score (nSPS) is 19.4. The molecule has 120 valence electrons. The molecule has 0 N–H and O–H groups in total. The Balaban J connectivity index is 0.000000131. The quantitative estimate of drug-likeness (QED) is 0.612. The molecule has 2 aromatic rings. The summed E-state index contributed by atoms with van der Waals surface area (Å²) >= 11 is 10.1. The number of hydrogen-bond donors (Lipinski definition) is 0. The van der Waals surface area contributed by atoms with Crippen LogP contribution < -0.4 is 0 Å². The smallest absolute Gasteiger partial charge is 0.193 e. The summed E-state index contributed by atoms with van der Waals surface area (Å²) < 4.78 is 23.5. The molecule has 0 saturated carbocycles. The Kier molecular flexibility index (Phi) is 6.46. The van der Waals surface area contributed by atoms with Crippen LogP contribution in [-0.2, 0) is 18.9 Å². The zero-order valence-electron chi connectivity index (χ0n) is 11.5. The highest BCUT2D eigenvalue weighted by Crippen LogP contribution is 2.32. The van der Waals surface area contributed by atoms with Gasteiger partial charge in [-0.05, 0) is 56.1 Å². The Morgan fingerprint density at radius 3 is 1.32 bits per heavy atom. The van der Waals surface area contributed by atoms with E-state index in [9.17, 15) is 0 Å². The molecule has 0 atom stereocenters. The second kappa shape index (κ2) is 8.34. The van der Waals surface area contributed by atoms with Crippen molar-refractivity contribution in [3.8, 4) is 0 Å². The molecule has 2 aliphatic rings. The van der Waals surface area contributed by atoms with Crippen molar-refractivity contribution in [2.24, 2.45) is 0 Å². The zero-order valence-corrected chi connectivity index (χ0v) is 16.3. The summed E-state index contributed by atoms with van der Waals surface area (Å²) in [5, 5.41) is 0. The summed E-state index contributed by atoms with van der Waals surface area (Å²) in [4.78, 5) is 2.27. The average molecular weight is 470 g/mol. The van der Waals surface area contributed by atoms with Crippen molar-refractivity contribution in [2.45, 2.75) is 12.6 Å². The van der Waals surface area contributed by atoms with Crippen molar-refractivity contribution in [3.63, 3.8) is 0 Å². The molecule has 2 fully saturated rings. The van der Waals surface area contributed by atoms with Crippen LogP contribution in [0.4, 0.5) is 0 Å². The van der Waals surface area contributed by atoms with Gasteiger partial charge in [0.25, 0.3) is 0 Å². The standard InChI is InChI=1S/2C7H7BrO2S/c2*8-6-2-1-5(11-6)7-9-3-4-10-7/h2*1-2,7H,3-4H2. The summed E-state index contributed by atoms with van der Waals surface area (Å²) in [6, 6.07) is 8.05. The Hall–Kier alpha value is 0.200. The van der Waals surface area contributed by atoms with Crippen LogP contribution in [0.1, 0.15) is 22.3 Å². The molecule has 0 bridgehead atoms. The molecule has 0 aromatic carbocycles. The summed E-state index contributed by atoms with van der Waals surface area (Å²) in [5.74, 6) is 0. The monoisotopic (exact) mass is 468 g/mol. The van der Waals surface area contributed by atoms with Gasteiger partial charge in [0, 0.05) is 0 Å². The maximum absolute atomic E-state index is 5.32. The van der Waals surface area contributed by atoms with E-state index < -0.39 is 0 Å². The van der Waals surface area contributed by atoms with Crippen LogP contribution in [-0.4, -0.2) is 26.4 Å². The summed E-state index contributed by atoms with van der Waals surface area (Å²) in [6.07, 6.45) is -0.238. The number of thiophene rings is 2. The zero-order chi connectivity index (χ0) is 15.4. The molecule has 4 nitrogen and oxygen atoms in total. The van der Waals surface area contributed by atoms with Gasteiger partial charge in [0.1, 0.15) is 0 Å². The second-order valence-corrected chi connectivity index (χ2v) is 9.42. The number of rotatable bonds is 2. The van der Waals surface area contributed by atoms with E-state index in [4.69, 9.17) is 18.9 Å². The minimum atomic E-state index is -0.119. The highest BCUT2D eigenvalue weighted by molar-refractivity contribution is 9.11. The lowest BCUT2D eigenvalue weighted by atomic mass is 10.5. The molecule has 0 radical (unpaired) electrons. The molecular formula is C14H14Br2O4S2. The van der Waals surface area contributed by atoms with Crippen LogP contribution in [0, 0.1) is 0 Å². The van der Waals surface area contributed by atoms with Gasteiger partial charge >= 0.3 is 0 Å². The van der Waals surface area contributed by atoms with Crippen molar-refractivity contribution in [1.29, 1.82) is 0 Å². The molecule has 2 aromatic heterocycles. The third-order valence-electron chi connectivity index (χ3n) is 2.90. The third kappa shape index (κ3) is 4.61. The first kappa shape index (κ1) is 17.0. The van der Waals surface area contributed by atoms with Gasteiger partial charge < -0.3 is 18.9 Å². The summed E-state index contributed by atoms with van der Waals surface area (Å²) in [6.45, 7) is 2.83. The largest absolute Gasteiger partial charge is 0.345 e. The van der Waals surface area contributed by atoms with Gasteiger partial charge in [-0.3, -0.25) is 0 Å². The number of hydrogen-bond acceptors (Lipinski definition) is 6. The minimum absolute atomic E-state index is 0.119. The van der Waals surface area contributed by atoms with Gasteiger partial charge in [0.05, 0.1) is 43.8 Å². The Morgan fingerprint density at radius 1 is 0.682 bits per heavy atom. The summed E-state index contributed by atoms with van der Waals surface area (Å²) in [5.41, 5.74) is 0. The van der Waals surface area contributed by atoms with Crippen LogP contribution >= 0.6 is 54.5 Å². The first-order valence-corrected chi connectivity index (χ1v) is 9.91. The summed E-state index contributed by atoms with van der Waals surface area (Å²) in [7, 11) is 0. The van der Waals surface area contributed by atoms with Crippen LogP contribution in [0.25, 0.3) is 0 Å². The molecule has 2 aliphatic heterocycles. The molecule has 0 amide bonds. The number of ether oxygens (including phenoxy) is 4. The van der Waals surface area contributed by atoms with E-state index >= 15 is 0 Å². The predicted molar refractivity (Wildman–Crippen MR) is 93.3 cm³/mol. The minimum Gasteiger partial charge on any atom is -0.345 e. The predicted octanol–water partition coefficient (Wildman–Crippen LogP) is 5.11. The van der Waals surface area contributed by atoms with Crippen molar-refractivity contribution in [2.75, 3.05) is 26.4 Å². The van der Waals surface area contributed by atoms with Crippen LogP contribution in [0.5, 0.6) is 0 Å². The second-order valence-electron chi connectivity index (χ2n) is 4.43. The highest BCUT2D eigenvalue weighted by atomic mass is 79.9. The van der Waals surface area contributed by atoms with E-state index in [-0.39, 0.29) is 12.6 Å². The van der Waals surface area contributed by atoms with Gasteiger partial charge in [0.15, 0.2) is 12.6 Å². The van der Waals surface area contributed by atoms with Crippen LogP contribution in [0.3, 0.4) is 0 Å². The fourth-order valence-electron chi connectivity index (χ4n) is 1.96. The maximum atomic E-state index is 5.32. The Labute approximate surface area is 153 Å². The van der Waals surface area contributed by atoms with Gasteiger partial charge in [-0.25, -0.2) is 0 Å². The van der Waals surface area contributed by atoms with Crippen molar-refractivity contribution in [3.05, 3.63) is 41.6 Å². The molecule has 4 heterocycles. The fourth-order valence-corrected chi connectivity index (χ4v) is 4.80. The maximum Gasteiger partial charge on any atom is 0.193 e. The molecule has 4 rings (SSSR count). The average Bonchev–Trinajstić information content (AvgIpc) is 3.28. The lowest BCUT2D eigenvalue weighted by Crippen LogP contribution is -1.93. The first-order valence-electron chi connectivity index (χ1n) is 6.69. The lowest BCUT2D eigenvalue weighted by Gasteiger charge is -2.03. The van der Waals surface area contributed by atoms with Crippen molar-refractivity contribution >= 4 is 54.5 Å². The van der Waals surface area contributed by atoms with Crippen LogP contribution in [0.15, 0.2) is 31.8 Å². The molecular weight excluding hydrogens is 456 g/mol. The van der Waals surface area contributed by atoms with Gasteiger partial charge in [-0.1, -0.05) is 0 Å². The first-order chi connectivity index (χ1) is 10.7. The van der Waals surface area contributed by atoms with Crippen LogP contribution in [0.2, 0.25) is 0 Å². The van der Waals surface area contributed by atoms with Gasteiger partial charge in [0.2, 0.25) is 0 Å².